The fraction of sp³-hybridized carbons (Fsp3) is 0.316. The van der Waals surface area contributed by atoms with Gasteiger partial charge in [0.25, 0.3) is 0 Å². The molecule has 1 saturated carbocycles. The molecule has 3 rings (SSSR count). The maximum atomic E-state index is 13.1. The van der Waals surface area contributed by atoms with Gasteiger partial charge >= 0.3 is 0 Å². The molecule has 1 fully saturated rings. The summed E-state index contributed by atoms with van der Waals surface area (Å²) in [7, 11) is 0. The van der Waals surface area contributed by atoms with Gasteiger partial charge in [-0.1, -0.05) is 24.3 Å². The van der Waals surface area contributed by atoms with E-state index in [1.807, 2.05) is 0 Å². The van der Waals surface area contributed by atoms with Crippen molar-refractivity contribution < 1.29 is 19.4 Å². The quantitative estimate of drug-likeness (QED) is 0.761. The van der Waals surface area contributed by atoms with Crippen LogP contribution in [0.1, 0.15) is 24.0 Å². The molecule has 0 aromatic heterocycles. The van der Waals surface area contributed by atoms with Crippen molar-refractivity contribution in [3.8, 4) is 5.75 Å². The Morgan fingerprint density at radius 2 is 1.75 bits per heavy atom. The number of aliphatic hydroxyl groups is 1. The monoisotopic (exact) mass is 329 g/mol. The third-order valence-corrected chi connectivity index (χ3v) is 4.56. The van der Waals surface area contributed by atoms with E-state index in [9.17, 15) is 19.4 Å². The number of carbonyl (C=O) groups excluding carboxylic acids is 1. The molecule has 1 atom stereocenters. The first kappa shape index (κ1) is 16.5. The van der Waals surface area contributed by atoms with Crippen LogP contribution >= 0.6 is 0 Å². The number of phenolic OH excluding ortho intramolecular Hbond substituents is 1. The number of nitrogens with one attached hydrogen (secondary N) is 1. The summed E-state index contributed by atoms with van der Waals surface area (Å²) in [6.45, 7) is -0.174. The summed E-state index contributed by atoms with van der Waals surface area (Å²) in [6.07, 6.45) is 1.92. The molecule has 0 unspecified atom stereocenters. The number of amides is 1. The first-order chi connectivity index (χ1) is 11.5. The zero-order valence-corrected chi connectivity index (χ0v) is 13.2. The largest absolute Gasteiger partial charge is 0.508 e. The minimum absolute atomic E-state index is 0.132. The standard InChI is InChI=1S/C19H20FNO3/c20-15-5-3-14(4-6-15)19(9-10-19)18(24)21-16(12-22)11-13-1-7-17(23)8-2-13/h1-8,16,22-23H,9-12H2,(H,21,24)/t16-/m0/s1. The second-order valence-electron chi connectivity index (χ2n) is 6.31. The highest BCUT2D eigenvalue weighted by Crippen LogP contribution is 2.48. The fourth-order valence-corrected chi connectivity index (χ4v) is 2.94. The van der Waals surface area contributed by atoms with Gasteiger partial charge in [-0.25, -0.2) is 4.39 Å². The van der Waals surface area contributed by atoms with Crippen molar-refractivity contribution >= 4 is 5.91 Å². The van der Waals surface area contributed by atoms with Crippen molar-refractivity contribution in [1.82, 2.24) is 5.32 Å². The second kappa shape index (κ2) is 6.61. The molecule has 2 aromatic carbocycles. The lowest BCUT2D eigenvalue weighted by Gasteiger charge is -2.21. The Morgan fingerprint density at radius 3 is 2.29 bits per heavy atom. The van der Waals surface area contributed by atoms with Gasteiger partial charge in [0.15, 0.2) is 0 Å². The Labute approximate surface area is 140 Å². The molecule has 1 amide bonds. The zero-order chi connectivity index (χ0) is 17.2. The van der Waals surface area contributed by atoms with Crippen LogP contribution in [0, 0.1) is 5.82 Å². The summed E-state index contributed by atoms with van der Waals surface area (Å²) in [5.74, 6) is -0.279. The number of aliphatic hydroxyl groups excluding tert-OH is 1. The number of aromatic hydroxyl groups is 1. The summed E-state index contributed by atoms with van der Waals surface area (Å²) < 4.78 is 13.1. The lowest BCUT2D eigenvalue weighted by molar-refractivity contribution is -0.124. The Kier molecular flexibility index (Phi) is 4.53. The molecular weight excluding hydrogens is 309 g/mol. The van der Waals surface area contributed by atoms with Gasteiger partial charge in [-0.3, -0.25) is 4.79 Å². The topological polar surface area (TPSA) is 69.6 Å². The van der Waals surface area contributed by atoms with E-state index in [4.69, 9.17) is 0 Å². The molecule has 0 radical (unpaired) electrons. The summed E-state index contributed by atoms with van der Waals surface area (Å²) in [4.78, 5) is 12.7. The molecule has 0 saturated heterocycles. The lowest BCUT2D eigenvalue weighted by Crippen LogP contribution is -2.44. The van der Waals surface area contributed by atoms with Crippen LogP contribution in [0.15, 0.2) is 48.5 Å². The van der Waals surface area contributed by atoms with E-state index in [2.05, 4.69) is 5.32 Å². The predicted molar refractivity (Wildman–Crippen MR) is 88.1 cm³/mol. The highest BCUT2D eigenvalue weighted by molar-refractivity contribution is 5.91. The summed E-state index contributed by atoms with van der Waals surface area (Å²) >= 11 is 0. The van der Waals surface area contributed by atoms with E-state index in [0.29, 0.717) is 6.42 Å². The molecule has 3 N–H and O–H groups in total. The van der Waals surface area contributed by atoms with E-state index in [-0.39, 0.29) is 24.1 Å². The summed E-state index contributed by atoms with van der Waals surface area (Å²) in [5, 5.41) is 21.8. The summed E-state index contributed by atoms with van der Waals surface area (Å²) in [5.41, 5.74) is 1.12. The van der Waals surface area contributed by atoms with Crippen LogP contribution in [0.5, 0.6) is 5.75 Å². The number of hydrogen-bond donors (Lipinski definition) is 3. The predicted octanol–water partition coefficient (Wildman–Crippen LogP) is 2.28. The first-order valence-electron chi connectivity index (χ1n) is 7.99. The SMILES string of the molecule is O=C(N[C@H](CO)Cc1ccc(O)cc1)C1(c2ccc(F)cc2)CC1. The molecule has 1 aliphatic carbocycles. The second-order valence-corrected chi connectivity index (χ2v) is 6.31. The van der Waals surface area contributed by atoms with Gasteiger partial charge in [-0.05, 0) is 54.7 Å². The van der Waals surface area contributed by atoms with Gasteiger partial charge in [0.1, 0.15) is 11.6 Å². The Morgan fingerprint density at radius 1 is 1.12 bits per heavy atom. The van der Waals surface area contributed by atoms with E-state index >= 15 is 0 Å². The number of phenols is 1. The Bertz CT molecular complexity index is 708. The van der Waals surface area contributed by atoms with E-state index in [1.165, 1.54) is 12.1 Å². The molecule has 0 spiro atoms. The maximum Gasteiger partial charge on any atom is 0.230 e. The van der Waals surface area contributed by atoms with Crippen molar-refractivity contribution in [2.24, 2.45) is 0 Å². The summed E-state index contributed by atoms with van der Waals surface area (Å²) in [6, 6.07) is 12.3. The van der Waals surface area contributed by atoms with Crippen molar-refractivity contribution in [2.75, 3.05) is 6.61 Å². The van der Waals surface area contributed by atoms with Crippen LogP contribution in [0.25, 0.3) is 0 Å². The number of hydrogen-bond acceptors (Lipinski definition) is 3. The van der Waals surface area contributed by atoms with Gasteiger partial charge in [-0.15, -0.1) is 0 Å². The van der Waals surface area contributed by atoms with Gasteiger partial charge in [0.2, 0.25) is 5.91 Å². The molecule has 2 aromatic rings. The maximum absolute atomic E-state index is 13.1. The Balaban J connectivity index is 1.68. The van der Waals surface area contributed by atoms with Crippen LogP contribution < -0.4 is 5.32 Å². The molecular formula is C19H20FNO3. The third-order valence-electron chi connectivity index (χ3n) is 4.56. The van der Waals surface area contributed by atoms with Gasteiger partial charge in [0, 0.05) is 0 Å². The van der Waals surface area contributed by atoms with Gasteiger partial charge in [0.05, 0.1) is 18.1 Å². The molecule has 126 valence electrons. The highest BCUT2D eigenvalue weighted by Gasteiger charge is 2.51. The van der Waals surface area contributed by atoms with Crippen molar-refractivity contribution in [2.45, 2.75) is 30.7 Å². The molecule has 0 aliphatic heterocycles. The lowest BCUT2D eigenvalue weighted by atomic mass is 9.94. The van der Waals surface area contributed by atoms with Crippen LogP contribution in [0.3, 0.4) is 0 Å². The van der Waals surface area contributed by atoms with Crippen LogP contribution in [-0.4, -0.2) is 28.8 Å². The van der Waals surface area contributed by atoms with Crippen molar-refractivity contribution in [1.29, 1.82) is 0 Å². The van der Waals surface area contributed by atoms with Gasteiger partial charge in [-0.2, -0.15) is 0 Å². The van der Waals surface area contributed by atoms with Crippen LogP contribution in [0.4, 0.5) is 4.39 Å². The van der Waals surface area contributed by atoms with Gasteiger partial charge < -0.3 is 15.5 Å². The number of halogens is 1. The number of benzene rings is 2. The normalized spacial score (nSPS) is 16.4. The minimum atomic E-state index is -0.601. The van der Waals surface area contributed by atoms with E-state index in [0.717, 1.165) is 24.0 Å². The van der Waals surface area contributed by atoms with Crippen LogP contribution in [-0.2, 0) is 16.6 Å². The molecule has 0 bridgehead atoms. The average Bonchev–Trinajstić information content (AvgIpc) is 3.38. The Hall–Kier alpha value is -2.40. The molecule has 1 aliphatic rings. The minimum Gasteiger partial charge on any atom is -0.508 e. The molecule has 4 nitrogen and oxygen atoms in total. The van der Waals surface area contributed by atoms with Crippen molar-refractivity contribution in [3.63, 3.8) is 0 Å². The van der Waals surface area contributed by atoms with E-state index in [1.54, 1.807) is 36.4 Å². The van der Waals surface area contributed by atoms with E-state index < -0.39 is 11.5 Å². The smallest absolute Gasteiger partial charge is 0.230 e. The molecule has 24 heavy (non-hydrogen) atoms. The fourth-order valence-electron chi connectivity index (χ4n) is 2.94. The van der Waals surface area contributed by atoms with Crippen molar-refractivity contribution in [3.05, 3.63) is 65.5 Å². The first-order valence-corrected chi connectivity index (χ1v) is 7.99. The zero-order valence-electron chi connectivity index (χ0n) is 13.2. The highest BCUT2D eigenvalue weighted by atomic mass is 19.1. The molecule has 5 heteroatoms. The third kappa shape index (κ3) is 3.41. The number of carbonyl (C=O) groups is 1. The van der Waals surface area contributed by atoms with Crippen LogP contribution in [0.2, 0.25) is 0 Å². The molecule has 0 heterocycles. The number of rotatable bonds is 6. The average molecular weight is 329 g/mol.